The molecule has 1 rings (SSSR count). The van der Waals surface area contributed by atoms with Crippen LogP contribution in [0.2, 0.25) is 0 Å². The number of aromatic nitrogens is 1. The van der Waals surface area contributed by atoms with E-state index in [4.69, 9.17) is 5.11 Å². The maximum atomic E-state index is 10.8. The molecule has 1 heterocycles. The first-order chi connectivity index (χ1) is 8.40. The van der Waals surface area contributed by atoms with E-state index in [1.165, 1.54) is 12.1 Å². The van der Waals surface area contributed by atoms with Gasteiger partial charge in [0.1, 0.15) is 18.6 Å². The van der Waals surface area contributed by atoms with Gasteiger partial charge in [-0.3, -0.25) is 14.9 Å². The van der Waals surface area contributed by atoms with Crippen molar-refractivity contribution >= 4 is 17.5 Å². The second-order valence-electron chi connectivity index (χ2n) is 4.30. The maximum absolute atomic E-state index is 10.8. The molecule has 0 fully saturated rings. The summed E-state index contributed by atoms with van der Waals surface area (Å²) in [6.07, 6.45) is 1.13. The van der Waals surface area contributed by atoms with E-state index in [-0.39, 0.29) is 18.2 Å². The zero-order chi connectivity index (χ0) is 13.7. The van der Waals surface area contributed by atoms with Crippen molar-refractivity contribution in [3.63, 3.8) is 0 Å². The third-order valence-corrected chi connectivity index (χ3v) is 2.18. The lowest BCUT2D eigenvalue weighted by Gasteiger charge is -2.23. The van der Waals surface area contributed by atoms with Gasteiger partial charge >= 0.3 is 5.97 Å². The minimum atomic E-state index is -0.962. The molecule has 0 atom stereocenters. The quantitative estimate of drug-likeness (QED) is 0.610. The highest BCUT2D eigenvalue weighted by Gasteiger charge is 2.15. The number of anilines is 1. The van der Waals surface area contributed by atoms with Gasteiger partial charge in [0.2, 0.25) is 0 Å². The predicted molar refractivity (Wildman–Crippen MR) is 65.6 cm³/mol. The van der Waals surface area contributed by atoms with E-state index in [1.54, 1.807) is 4.90 Å². The van der Waals surface area contributed by atoms with Crippen LogP contribution in [-0.2, 0) is 4.79 Å². The van der Waals surface area contributed by atoms with E-state index in [0.717, 1.165) is 6.20 Å². The summed E-state index contributed by atoms with van der Waals surface area (Å²) in [5.41, 5.74) is -0.112. The second-order valence-corrected chi connectivity index (χ2v) is 4.30. The number of hydrogen-bond donors (Lipinski definition) is 1. The summed E-state index contributed by atoms with van der Waals surface area (Å²) in [5, 5.41) is 19.3. The highest BCUT2D eigenvalue weighted by molar-refractivity contribution is 5.73. The van der Waals surface area contributed by atoms with Gasteiger partial charge in [0.05, 0.1) is 4.92 Å². The van der Waals surface area contributed by atoms with E-state index in [2.05, 4.69) is 4.98 Å². The van der Waals surface area contributed by atoms with E-state index < -0.39 is 10.9 Å². The Balaban J connectivity index is 2.90. The Morgan fingerprint density at radius 1 is 1.56 bits per heavy atom. The van der Waals surface area contributed by atoms with Crippen LogP contribution in [0.25, 0.3) is 0 Å². The molecule has 1 N–H and O–H groups in total. The summed E-state index contributed by atoms with van der Waals surface area (Å²) >= 11 is 0. The molecule has 18 heavy (non-hydrogen) atoms. The largest absolute Gasteiger partial charge is 0.480 e. The number of pyridine rings is 1. The lowest BCUT2D eigenvalue weighted by molar-refractivity contribution is -0.385. The summed E-state index contributed by atoms with van der Waals surface area (Å²) in [4.78, 5) is 26.2. The molecule has 0 saturated carbocycles. The first kappa shape index (κ1) is 13.9. The molecule has 0 unspecified atom stereocenters. The van der Waals surface area contributed by atoms with Crippen molar-refractivity contribution in [1.82, 2.24) is 4.98 Å². The molecule has 7 nitrogen and oxygen atoms in total. The van der Waals surface area contributed by atoms with Crippen LogP contribution in [0, 0.1) is 16.0 Å². The van der Waals surface area contributed by atoms with Crippen LogP contribution < -0.4 is 4.90 Å². The Labute approximate surface area is 104 Å². The van der Waals surface area contributed by atoms with Crippen molar-refractivity contribution in [1.29, 1.82) is 0 Å². The molecule has 0 aliphatic rings. The van der Waals surface area contributed by atoms with Crippen LogP contribution in [-0.4, -0.2) is 34.1 Å². The Bertz CT molecular complexity index is 430. The van der Waals surface area contributed by atoms with Gasteiger partial charge in [-0.2, -0.15) is 0 Å². The SMILES string of the molecule is CC(C)CN(CC(=O)O)c1ccc([N+](=O)[O-])cn1. The molecule has 0 aliphatic carbocycles. The number of rotatable bonds is 6. The molecule has 1 aromatic heterocycles. The van der Waals surface area contributed by atoms with Crippen molar-refractivity contribution < 1.29 is 14.8 Å². The van der Waals surface area contributed by atoms with Gasteiger partial charge in [0.15, 0.2) is 0 Å². The summed E-state index contributed by atoms with van der Waals surface area (Å²) in [7, 11) is 0. The van der Waals surface area contributed by atoms with E-state index >= 15 is 0 Å². The average Bonchev–Trinajstić information content (AvgIpc) is 2.27. The van der Waals surface area contributed by atoms with Crippen molar-refractivity contribution in [2.24, 2.45) is 5.92 Å². The topological polar surface area (TPSA) is 96.6 Å². The minimum absolute atomic E-state index is 0.112. The molecule has 0 spiro atoms. The van der Waals surface area contributed by atoms with Crippen LogP contribution in [0.15, 0.2) is 18.3 Å². The van der Waals surface area contributed by atoms with Gasteiger partial charge in [0, 0.05) is 12.6 Å². The second kappa shape index (κ2) is 5.95. The molecule has 0 amide bonds. The van der Waals surface area contributed by atoms with Gasteiger partial charge in [-0.05, 0) is 12.0 Å². The third-order valence-electron chi connectivity index (χ3n) is 2.18. The Morgan fingerprint density at radius 3 is 2.61 bits per heavy atom. The number of aliphatic carboxylic acids is 1. The van der Waals surface area contributed by atoms with E-state index in [9.17, 15) is 14.9 Å². The smallest absolute Gasteiger partial charge is 0.323 e. The molecular formula is C11H15N3O4. The molecule has 0 bridgehead atoms. The van der Waals surface area contributed by atoms with Gasteiger partial charge in [-0.1, -0.05) is 13.8 Å². The number of carbonyl (C=O) groups is 1. The Kier molecular flexibility index (Phi) is 4.59. The first-order valence-corrected chi connectivity index (χ1v) is 5.47. The van der Waals surface area contributed by atoms with Crippen molar-refractivity contribution in [3.05, 3.63) is 28.4 Å². The normalized spacial score (nSPS) is 10.4. The average molecular weight is 253 g/mol. The first-order valence-electron chi connectivity index (χ1n) is 5.47. The van der Waals surface area contributed by atoms with E-state index in [0.29, 0.717) is 12.4 Å². The summed E-state index contributed by atoms with van der Waals surface area (Å²) in [6.45, 7) is 4.26. The molecule has 0 aliphatic heterocycles. The molecular weight excluding hydrogens is 238 g/mol. The Hall–Kier alpha value is -2.18. The van der Waals surface area contributed by atoms with Crippen LogP contribution in [0.1, 0.15) is 13.8 Å². The Morgan fingerprint density at radius 2 is 2.22 bits per heavy atom. The van der Waals surface area contributed by atoms with Crippen LogP contribution in [0.3, 0.4) is 0 Å². The number of carboxylic acids is 1. The monoisotopic (exact) mass is 253 g/mol. The third kappa shape index (κ3) is 4.00. The number of nitro groups is 1. The summed E-state index contributed by atoms with van der Waals surface area (Å²) in [5.74, 6) is -0.270. The fourth-order valence-corrected chi connectivity index (χ4v) is 1.52. The van der Waals surface area contributed by atoms with Crippen molar-refractivity contribution in [3.8, 4) is 0 Å². The lowest BCUT2D eigenvalue weighted by atomic mass is 10.2. The molecule has 0 saturated heterocycles. The van der Waals surface area contributed by atoms with Crippen molar-refractivity contribution in [2.75, 3.05) is 18.0 Å². The summed E-state index contributed by atoms with van der Waals surface area (Å²) in [6, 6.07) is 2.78. The van der Waals surface area contributed by atoms with Gasteiger partial charge in [-0.15, -0.1) is 0 Å². The molecule has 7 heteroatoms. The molecule has 0 aromatic carbocycles. The van der Waals surface area contributed by atoms with Crippen LogP contribution >= 0.6 is 0 Å². The fraction of sp³-hybridized carbons (Fsp3) is 0.455. The zero-order valence-electron chi connectivity index (χ0n) is 10.2. The molecule has 98 valence electrons. The van der Waals surface area contributed by atoms with Gasteiger partial charge in [0.25, 0.3) is 5.69 Å². The van der Waals surface area contributed by atoms with Crippen molar-refractivity contribution in [2.45, 2.75) is 13.8 Å². The van der Waals surface area contributed by atoms with Gasteiger partial charge < -0.3 is 10.0 Å². The highest BCUT2D eigenvalue weighted by atomic mass is 16.6. The lowest BCUT2D eigenvalue weighted by Crippen LogP contribution is -2.33. The maximum Gasteiger partial charge on any atom is 0.323 e. The number of carboxylic acid groups (broad SMARTS) is 1. The number of nitrogens with zero attached hydrogens (tertiary/aromatic N) is 3. The van der Waals surface area contributed by atoms with E-state index in [1.807, 2.05) is 13.8 Å². The molecule has 1 aromatic rings. The minimum Gasteiger partial charge on any atom is -0.480 e. The van der Waals surface area contributed by atoms with Crippen LogP contribution in [0.4, 0.5) is 11.5 Å². The predicted octanol–water partition coefficient (Wildman–Crippen LogP) is 1.54. The zero-order valence-corrected chi connectivity index (χ0v) is 10.2. The molecule has 0 radical (unpaired) electrons. The summed E-state index contributed by atoms with van der Waals surface area (Å²) < 4.78 is 0. The van der Waals surface area contributed by atoms with Crippen LogP contribution in [0.5, 0.6) is 0 Å². The fourth-order valence-electron chi connectivity index (χ4n) is 1.52. The number of hydrogen-bond acceptors (Lipinski definition) is 5. The standard InChI is InChI=1S/C11H15N3O4/c1-8(2)6-13(7-11(15)16)10-4-3-9(5-12-10)14(17)18/h3-5,8H,6-7H2,1-2H3,(H,15,16). The van der Waals surface area contributed by atoms with Gasteiger partial charge in [-0.25, -0.2) is 4.98 Å². The highest BCUT2D eigenvalue weighted by Crippen LogP contribution is 2.16.